The Bertz CT molecular complexity index is 801. The van der Waals surface area contributed by atoms with Gasteiger partial charge < -0.3 is 10.6 Å². The minimum Gasteiger partial charge on any atom is -0.325 e. The van der Waals surface area contributed by atoms with Crippen molar-refractivity contribution in [2.45, 2.75) is 6.17 Å². The number of rotatable bonds is 4. The van der Waals surface area contributed by atoms with E-state index in [9.17, 15) is 19.7 Å². The number of nitrogens with zero attached hydrogens (tertiary/aromatic N) is 4. The molecule has 0 fully saturated rings. The molecular formula is C13H10N6O4S. The van der Waals surface area contributed by atoms with E-state index < -0.39 is 11.1 Å². The van der Waals surface area contributed by atoms with Gasteiger partial charge in [-0.1, -0.05) is 11.8 Å². The number of non-ortho nitro benzene ring substituents is 1. The van der Waals surface area contributed by atoms with Crippen LogP contribution in [0.4, 0.5) is 11.4 Å². The van der Waals surface area contributed by atoms with Gasteiger partial charge >= 0.3 is 0 Å². The maximum Gasteiger partial charge on any atom is 0.269 e. The third kappa shape index (κ3) is 3.46. The van der Waals surface area contributed by atoms with Gasteiger partial charge in [-0.25, -0.2) is 4.99 Å². The van der Waals surface area contributed by atoms with Crippen molar-refractivity contribution in [1.29, 1.82) is 0 Å². The van der Waals surface area contributed by atoms with Crippen molar-refractivity contribution in [2.75, 3.05) is 11.1 Å². The van der Waals surface area contributed by atoms with E-state index in [4.69, 9.17) is 0 Å². The molecule has 0 saturated carbocycles. The van der Waals surface area contributed by atoms with E-state index in [0.29, 0.717) is 16.4 Å². The topological polar surface area (TPSA) is 138 Å². The molecule has 0 aromatic heterocycles. The van der Waals surface area contributed by atoms with Gasteiger partial charge in [0, 0.05) is 17.8 Å². The van der Waals surface area contributed by atoms with Crippen LogP contribution in [0.1, 0.15) is 0 Å². The van der Waals surface area contributed by atoms with Gasteiger partial charge in [-0.2, -0.15) is 10.2 Å². The van der Waals surface area contributed by atoms with Crippen molar-refractivity contribution in [2.24, 2.45) is 15.2 Å². The van der Waals surface area contributed by atoms with Crippen LogP contribution in [0.2, 0.25) is 0 Å². The Hall–Kier alpha value is -3.08. The number of carbonyl (C=O) groups is 2. The summed E-state index contributed by atoms with van der Waals surface area (Å²) >= 11 is 1.05. The van der Waals surface area contributed by atoms with Crippen molar-refractivity contribution in [3.63, 3.8) is 0 Å². The van der Waals surface area contributed by atoms with Crippen LogP contribution in [0, 0.1) is 10.1 Å². The molecule has 0 bridgehead atoms. The van der Waals surface area contributed by atoms with E-state index in [0.717, 1.165) is 11.8 Å². The first-order chi connectivity index (χ1) is 11.5. The van der Waals surface area contributed by atoms with Gasteiger partial charge in [0.1, 0.15) is 0 Å². The second-order valence-corrected chi connectivity index (χ2v) is 5.68. The number of carbonyl (C=O) groups excluding carboxylic acids is 2. The first kappa shape index (κ1) is 15.8. The molecule has 11 heteroatoms. The zero-order chi connectivity index (χ0) is 17.1. The lowest BCUT2D eigenvalue weighted by Crippen LogP contribution is -2.38. The zero-order valence-corrected chi connectivity index (χ0v) is 12.8. The SMILES string of the molecule is O=C(CSC1=NC2N=NC=C2C(=O)N1)Nc1ccc([N+](=O)[O-])cc1. The fraction of sp³-hybridized carbons (Fsp3) is 0.154. The molecule has 3 rings (SSSR count). The molecule has 0 spiro atoms. The summed E-state index contributed by atoms with van der Waals surface area (Å²) in [5, 5.41) is 23.5. The smallest absolute Gasteiger partial charge is 0.269 e. The number of amidine groups is 1. The summed E-state index contributed by atoms with van der Waals surface area (Å²) in [5.74, 6) is -0.655. The van der Waals surface area contributed by atoms with Gasteiger partial charge in [-0.05, 0) is 12.1 Å². The van der Waals surface area contributed by atoms with E-state index in [1.165, 1.54) is 30.5 Å². The Labute approximate surface area is 139 Å². The molecule has 24 heavy (non-hydrogen) atoms. The quantitative estimate of drug-likeness (QED) is 0.627. The lowest BCUT2D eigenvalue weighted by Gasteiger charge is -2.16. The Balaban J connectivity index is 1.54. The van der Waals surface area contributed by atoms with Crippen LogP contribution in [0.5, 0.6) is 0 Å². The number of hydrogen-bond acceptors (Lipinski definition) is 8. The molecule has 10 nitrogen and oxygen atoms in total. The van der Waals surface area contributed by atoms with Crippen LogP contribution in [0.3, 0.4) is 0 Å². The van der Waals surface area contributed by atoms with Gasteiger partial charge in [0.05, 0.1) is 22.4 Å². The van der Waals surface area contributed by atoms with Gasteiger partial charge in [0.2, 0.25) is 5.91 Å². The van der Waals surface area contributed by atoms with Crippen molar-refractivity contribution in [3.8, 4) is 0 Å². The Morgan fingerprint density at radius 1 is 1.38 bits per heavy atom. The van der Waals surface area contributed by atoms with Crippen LogP contribution in [0.15, 0.2) is 51.3 Å². The number of thioether (sulfide) groups is 1. The number of nitro groups is 1. The summed E-state index contributed by atoms with van der Waals surface area (Å²) in [4.78, 5) is 37.9. The Morgan fingerprint density at radius 2 is 2.12 bits per heavy atom. The molecule has 0 aliphatic carbocycles. The van der Waals surface area contributed by atoms with Gasteiger partial charge in [-0.15, -0.1) is 0 Å². The van der Waals surface area contributed by atoms with Crippen LogP contribution in [-0.2, 0) is 9.59 Å². The van der Waals surface area contributed by atoms with Crippen LogP contribution < -0.4 is 10.6 Å². The maximum absolute atomic E-state index is 11.9. The van der Waals surface area contributed by atoms with E-state index in [1.807, 2.05) is 0 Å². The third-order valence-corrected chi connectivity index (χ3v) is 3.96. The molecular weight excluding hydrogens is 336 g/mol. The lowest BCUT2D eigenvalue weighted by molar-refractivity contribution is -0.384. The van der Waals surface area contributed by atoms with Crippen molar-refractivity contribution < 1.29 is 14.5 Å². The summed E-state index contributed by atoms with van der Waals surface area (Å²) in [6.45, 7) is 0. The molecule has 1 atom stereocenters. The number of amides is 2. The standard InChI is InChI=1S/C13H10N6O4S/c20-10(15-7-1-3-8(4-2-7)19(22)23)6-24-13-16-11-9(5-14-18-11)12(21)17-13/h1-5,11H,6H2,(H,15,20)(H,16,17,21). The largest absolute Gasteiger partial charge is 0.325 e. The first-order valence-corrected chi connectivity index (χ1v) is 7.68. The predicted molar refractivity (Wildman–Crippen MR) is 86.5 cm³/mol. The van der Waals surface area contributed by atoms with Crippen LogP contribution >= 0.6 is 11.8 Å². The number of nitrogens with one attached hydrogen (secondary N) is 2. The van der Waals surface area contributed by atoms with Crippen molar-refractivity contribution in [3.05, 3.63) is 46.2 Å². The number of benzene rings is 1. The fourth-order valence-electron chi connectivity index (χ4n) is 1.94. The average Bonchev–Trinajstić information content (AvgIpc) is 3.02. The van der Waals surface area contributed by atoms with Gasteiger partial charge in [0.15, 0.2) is 11.3 Å². The minimum atomic E-state index is -0.640. The molecule has 2 aliphatic rings. The highest BCUT2D eigenvalue weighted by Crippen LogP contribution is 2.22. The maximum atomic E-state index is 11.9. The summed E-state index contributed by atoms with van der Waals surface area (Å²) in [6, 6.07) is 5.48. The monoisotopic (exact) mass is 346 g/mol. The molecule has 2 aliphatic heterocycles. The number of nitro benzene ring substituents is 1. The van der Waals surface area contributed by atoms with E-state index in [2.05, 4.69) is 25.9 Å². The molecule has 2 N–H and O–H groups in total. The first-order valence-electron chi connectivity index (χ1n) is 6.69. The number of fused-ring (bicyclic) bond motifs is 1. The average molecular weight is 346 g/mol. The molecule has 1 aromatic carbocycles. The Morgan fingerprint density at radius 3 is 2.83 bits per heavy atom. The van der Waals surface area contributed by atoms with Crippen LogP contribution in [-0.4, -0.2) is 33.8 Å². The molecule has 1 aromatic rings. The third-order valence-electron chi connectivity index (χ3n) is 3.08. The van der Waals surface area contributed by atoms with Crippen molar-refractivity contribution >= 4 is 40.1 Å². The minimum absolute atomic E-state index is 0.0129. The lowest BCUT2D eigenvalue weighted by atomic mass is 10.2. The number of hydrogen-bond donors (Lipinski definition) is 2. The second kappa shape index (κ2) is 6.58. The summed E-state index contributed by atoms with van der Waals surface area (Å²) < 4.78 is 0. The Kier molecular flexibility index (Phi) is 4.33. The summed E-state index contributed by atoms with van der Waals surface area (Å²) in [7, 11) is 0. The van der Waals surface area contributed by atoms with E-state index in [1.54, 1.807) is 0 Å². The van der Waals surface area contributed by atoms with Crippen LogP contribution in [0.25, 0.3) is 0 Å². The zero-order valence-electron chi connectivity index (χ0n) is 12.0. The van der Waals surface area contributed by atoms with Crippen molar-refractivity contribution in [1.82, 2.24) is 5.32 Å². The van der Waals surface area contributed by atoms with E-state index >= 15 is 0 Å². The van der Waals surface area contributed by atoms with Gasteiger partial charge in [-0.3, -0.25) is 19.7 Å². The summed E-state index contributed by atoms with van der Waals surface area (Å²) in [6.07, 6.45) is 0.714. The highest BCUT2D eigenvalue weighted by molar-refractivity contribution is 8.14. The number of aliphatic imine (C=N–C) groups is 1. The molecule has 2 amide bonds. The fourth-order valence-corrected chi connectivity index (χ4v) is 2.62. The highest BCUT2D eigenvalue weighted by atomic mass is 32.2. The predicted octanol–water partition coefficient (Wildman–Crippen LogP) is 1.43. The highest BCUT2D eigenvalue weighted by Gasteiger charge is 2.29. The number of anilines is 1. The molecule has 1 unspecified atom stereocenters. The second-order valence-electron chi connectivity index (χ2n) is 4.72. The summed E-state index contributed by atoms with van der Waals surface area (Å²) in [5.41, 5.74) is 0.751. The van der Waals surface area contributed by atoms with Gasteiger partial charge in [0.25, 0.3) is 11.6 Å². The normalized spacial score (nSPS) is 18.3. The molecule has 2 heterocycles. The van der Waals surface area contributed by atoms with E-state index in [-0.39, 0.29) is 23.3 Å². The number of azo groups is 1. The molecule has 0 saturated heterocycles. The molecule has 0 radical (unpaired) electrons. The molecule has 122 valence electrons.